The van der Waals surface area contributed by atoms with Crippen molar-refractivity contribution in [2.24, 2.45) is 0 Å². The predicted molar refractivity (Wildman–Crippen MR) is 211 cm³/mol. The molecule has 0 fully saturated rings. The fraction of sp³-hybridized carbons (Fsp3) is 0. The zero-order valence-electron chi connectivity index (χ0n) is 35.8. The highest BCUT2D eigenvalue weighted by atomic mass is 31.2. The van der Waals surface area contributed by atoms with Crippen molar-refractivity contribution in [3.63, 3.8) is 0 Å². The fourth-order valence-electron chi connectivity index (χ4n) is 9.12. The monoisotopic (exact) mass is 1170 g/mol. The van der Waals surface area contributed by atoms with Crippen LogP contribution in [0.1, 0.15) is 16.7 Å². The van der Waals surface area contributed by atoms with Gasteiger partial charge in [0, 0.05) is 11.4 Å². The first kappa shape index (κ1) is 56.6. The maximum absolute atomic E-state index is 17.1. The van der Waals surface area contributed by atoms with Crippen molar-refractivity contribution in [1.82, 2.24) is 0 Å². The Balaban J connectivity index is 1.96. The molecule has 0 unspecified atom stereocenters. The van der Waals surface area contributed by atoms with Crippen LogP contribution in [0.25, 0.3) is 17.0 Å². The van der Waals surface area contributed by atoms with E-state index in [1.165, 1.54) is 0 Å². The molecule has 0 saturated heterocycles. The van der Waals surface area contributed by atoms with Crippen LogP contribution in [0, 0.1) is 175 Å². The second kappa shape index (κ2) is 19.1. The Labute approximate surface area is 410 Å². The highest BCUT2D eigenvalue weighted by Crippen LogP contribution is 2.64. The number of fused-ring (bicyclic) bond motifs is 1. The molecule has 0 aliphatic carbocycles. The van der Waals surface area contributed by atoms with Gasteiger partial charge >= 0.3 is 0 Å². The summed E-state index contributed by atoms with van der Waals surface area (Å²) in [6.45, 7) is 0. The molecule has 7 aromatic rings. The van der Waals surface area contributed by atoms with Crippen LogP contribution in [0.4, 0.5) is 132 Å². The average molecular weight is 1170 g/mol. The molecular formula is C46H6BF30P. The van der Waals surface area contributed by atoms with Gasteiger partial charge in [0.05, 0.1) is 0 Å². The summed E-state index contributed by atoms with van der Waals surface area (Å²) in [7, 11) is -8.61. The van der Waals surface area contributed by atoms with E-state index in [1.54, 1.807) is 0 Å². The normalized spacial score (nSPS) is 14.0. The third kappa shape index (κ3) is 7.30. The van der Waals surface area contributed by atoms with Crippen LogP contribution in [0.3, 0.4) is 0 Å². The van der Waals surface area contributed by atoms with E-state index in [0.717, 1.165) is 0 Å². The van der Waals surface area contributed by atoms with Gasteiger partial charge in [-0.05, 0) is 11.1 Å². The van der Waals surface area contributed by atoms with Gasteiger partial charge in [-0.3, -0.25) is 0 Å². The van der Waals surface area contributed by atoms with Gasteiger partial charge in [-0.1, -0.05) is 30.3 Å². The van der Waals surface area contributed by atoms with Gasteiger partial charge in [-0.25, -0.2) is 105 Å². The largest absolute Gasteiger partial charge is 0.208 e. The molecule has 0 amide bonds. The Morgan fingerprint density at radius 1 is 0.269 bits per heavy atom. The zero-order chi connectivity index (χ0) is 58.3. The zero-order valence-corrected chi connectivity index (χ0v) is 36.7. The number of rotatable bonds is 7. The highest BCUT2D eigenvalue weighted by Gasteiger charge is 2.62. The molecule has 1 aliphatic rings. The molecule has 0 nitrogen and oxygen atoms in total. The van der Waals surface area contributed by atoms with E-state index in [4.69, 9.17) is 0 Å². The van der Waals surface area contributed by atoms with Gasteiger partial charge in [0.25, 0.3) is 0 Å². The molecular weight excluding hydrogens is 1160 g/mol. The lowest BCUT2D eigenvalue weighted by atomic mass is 9.10. The SMILES string of the molecule is Fc1c(F)c(F)c(C2=Cc3ccccc3/C(=C\[P+](c3c(F)c(F)c(F)c(F)c3F)(c3c(F)c(F)c(F)c(F)c3F)c3c(F)c(F)c(F)c(F)c3F)[B-]2(c2c(F)c(F)c(F)c(F)c2F)c2c(F)c(F)c(F)c(F)c2F)c(F)c1F. The van der Waals surface area contributed by atoms with Crippen molar-refractivity contribution in [2.45, 2.75) is 0 Å². The second-order valence-electron chi connectivity index (χ2n) is 16.0. The van der Waals surface area contributed by atoms with E-state index in [-0.39, 0.29) is 18.2 Å². The Bertz CT molecular complexity index is 3530. The topological polar surface area (TPSA) is 0 Å². The lowest BCUT2D eigenvalue weighted by molar-refractivity contribution is 0.376. The smallest absolute Gasteiger partial charge is 0.207 e. The van der Waals surface area contributed by atoms with Crippen LogP contribution in [-0.4, -0.2) is 6.15 Å². The number of halogens is 30. The van der Waals surface area contributed by atoms with Crippen LogP contribution in [0.2, 0.25) is 0 Å². The van der Waals surface area contributed by atoms with Crippen LogP contribution >= 0.6 is 7.26 Å². The van der Waals surface area contributed by atoms with E-state index < -0.39 is 254 Å². The molecule has 0 atom stereocenters. The first-order valence-electron chi connectivity index (χ1n) is 19.9. The van der Waals surface area contributed by atoms with Gasteiger partial charge in [-0.2, -0.15) is 37.3 Å². The summed E-state index contributed by atoms with van der Waals surface area (Å²) in [6.07, 6.45) is -7.85. The lowest BCUT2D eigenvalue weighted by Crippen LogP contribution is -2.67. The molecule has 7 aromatic carbocycles. The molecule has 0 N–H and O–H groups in total. The minimum absolute atomic E-state index is 0.0636. The maximum atomic E-state index is 17.1. The van der Waals surface area contributed by atoms with E-state index in [0.29, 0.717) is 6.07 Å². The van der Waals surface area contributed by atoms with Gasteiger partial charge < -0.3 is 0 Å². The molecule has 0 aromatic heterocycles. The van der Waals surface area contributed by atoms with Crippen molar-refractivity contribution in [3.05, 3.63) is 221 Å². The van der Waals surface area contributed by atoms with E-state index in [1.807, 2.05) is 0 Å². The Morgan fingerprint density at radius 3 is 0.782 bits per heavy atom. The quantitative estimate of drug-likeness (QED) is 0.0491. The molecule has 0 spiro atoms. The van der Waals surface area contributed by atoms with Crippen molar-refractivity contribution in [1.29, 1.82) is 0 Å². The molecule has 78 heavy (non-hydrogen) atoms. The van der Waals surface area contributed by atoms with Gasteiger partial charge in [0.2, 0.25) is 93.1 Å². The van der Waals surface area contributed by atoms with Crippen molar-refractivity contribution < 1.29 is 132 Å². The average Bonchev–Trinajstić information content (AvgIpc) is 3.58. The first-order valence-corrected chi connectivity index (χ1v) is 21.8. The summed E-state index contributed by atoms with van der Waals surface area (Å²) in [5.41, 5.74) is -20.1. The Morgan fingerprint density at radius 2 is 0.500 bits per heavy atom. The van der Waals surface area contributed by atoms with Crippen molar-refractivity contribution in [3.8, 4) is 0 Å². The fourth-order valence-corrected chi connectivity index (χ4v) is 13.4. The van der Waals surface area contributed by atoms with Gasteiger partial charge in [0.15, 0.2) is 81.3 Å². The minimum Gasteiger partial charge on any atom is -0.207 e. The standard InChI is InChI=1S/C46H6BF30P/c48-14-11(15(49)21(55)26(60)20(14)54)9-5-7-3-1-2-4-8(7)10(47(9,12-16(50)22(56)27(61)23(57)17(12)51)13-18(52)24(58)28(62)25(59)19(13)53)6-78(44-38(72)32(66)29(63)33(67)39(44)73,45-40(74)34(68)30(64)35(69)41(45)75)46-42(76)36(70)31(65)37(71)43(46)77/h1-6H/b10-6+. The van der Waals surface area contributed by atoms with E-state index in [2.05, 4.69) is 0 Å². The first-order chi connectivity index (χ1) is 36.2. The van der Waals surface area contributed by atoms with Crippen molar-refractivity contribution in [2.75, 3.05) is 0 Å². The number of hydrogen-bond donors (Lipinski definition) is 0. The molecule has 408 valence electrons. The summed E-state index contributed by atoms with van der Waals surface area (Å²) in [5.74, 6) is -114. The predicted octanol–water partition coefficient (Wildman–Crippen LogP) is 13.1. The van der Waals surface area contributed by atoms with Crippen molar-refractivity contribution >= 4 is 57.3 Å². The molecule has 0 saturated carbocycles. The third-order valence-corrected chi connectivity index (χ3v) is 16.3. The minimum atomic E-state index is -8.61. The molecule has 1 aliphatic heterocycles. The van der Waals surface area contributed by atoms with E-state index >= 15 is 114 Å². The van der Waals surface area contributed by atoms with Gasteiger partial charge in [-0.15, -0.1) is 10.9 Å². The molecule has 0 radical (unpaired) electrons. The van der Waals surface area contributed by atoms with Crippen LogP contribution in [0.15, 0.2) is 30.1 Å². The Hall–Kier alpha value is -7.59. The maximum Gasteiger partial charge on any atom is 0.208 e. The second-order valence-corrected chi connectivity index (χ2v) is 19.1. The number of benzene rings is 7. The Kier molecular flexibility index (Phi) is 13.9. The van der Waals surface area contributed by atoms with E-state index in [9.17, 15) is 17.6 Å². The summed E-state index contributed by atoms with van der Waals surface area (Å²) in [6, 6.07) is 0.908. The summed E-state index contributed by atoms with van der Waals surface area (Å²) in [4.78, 5) is 0. The lowest BCUT2D eigenvalue weighted by Gasteiger charge is -2.50. The van der Waals surface area contributed by atoms with Crippen LogP contribution < -0.4 is 26.8 Å². The molecule has 0 bridgehead atoms. The van der Waals surface area contributed by atoms with Crippen LogP contribution in [0.5, 0.6) is 0 Å². The number of hydrogen-bond acceptors (Lipinski definition) is 0. The third-order valence-electron chi connectivity index (χ3n) is 12.3. The molecule has 32 heteroatoms. The van der Waals surface area contributed by atoms with Crippen LogP contribution in [-0.2, 0) is 0 Å². The summed E-state index contributed by atoms with van der Waals surface area (Å²) >= 11 is 0. The summed E-state index contributed by atoms with van der Waals surface area (Å²) < 4.78 is 481. The highest BCUT2D eigenvalue weighted by molar-refractivity contribution is 7.98. The summed E-state index contributed by atoms with van der Waals surface area (Å²) in [5, 5.41) is -11.3. The molecule has 8 rings (SSSR count). The van der Waals surface area contributed by atoms with Gasteiger partial charge in [0.1, 0.15) is 29.4 Å². The molecule has 1 heterocycles.